The molecular formula is C17H24N2O. The van der Waals surface area contributed by atoms with Crippen molar-refractivity contribution >= 4 is 10.9 Å². The van der Waals surface area contributed by atoms with Crippen molar-refractivity contribution in [3.8, 4) is 5.75 Å². The lowest BCUT2D eigenvalue weighted by atomic mass is 9.87. The zero-order chi connectivity index (χ0) is 14.8. The van der Waals surface area contributed by atoms with Crippen LogP contribution in [0, 0.1) is 12.3 Å². The van der Waals surface area contributed by atoms with Crippen LogP contribution < -0.4 is 10.5 Å². The Bertz CT molecular complexity index is 605. The molecule has 0 radical (unpaired) electrons. The van der Waals surface area contributed by atoms with Crippen molar-refractivity contribution < 1.29 is 4.74 Å². The second-order valence-corrected chi connectivity index (χ2v) is 6.09. The van der Waals surface area contributed by atoms with Crippen molar-refractivity contribution in [1.29, 1.82) is 0 Å². The summed E-state index contributed by atoms with van der Waals surface area (Å²) in [4.78, 5) is 4.76. The maximum atomic E-state index is 5.81. The van der Waals surface area contributed by atoms with Crippen LogP contribution in [0.1, 0.15) is 32.0 Å². The molecule has 2 aromatic rings. The van der Waals surface area contributed by atoms with Crippen molar-refractivity contribution in [3.05, 3.63) is 35.5 Å². The standard InChI is InChI=1S/C17H24N2O/c1-5-20-14-6-7-16-15(9-14)12(2)8-13(19-16)10-17(3,4)11-18/h6-9H,5,10-11,18H2,1-4H3. The van der Waals surface area contributed by atoms with E-state index in [2.05, 4.69) is 32.9 Å². The number of hydrogen-bond donors (Lipinski definition) is 1. The minimum Gasteiger partial charge on any atom is -0.494 e. The first-order valence-corrected chi connectivity index (χ1v) is 7.18. The lowest BCUT2D eigenvalue weighted by Crippen LogP contribution is -2.26. The highest BCUT2D eigenvalue weighted by Crippen LogP contribution is 2.26. The molecule has 0 amide bonds. The van der Waals surface area contributed by atoms with Crippen LogP contribution in [-0.4, -0.2) is 18.1 Å². The van der Waals surface area contributed by atoms with Gasteiger partial charge in [-0.3, -0.25) is 4.98 Å². The first-order valence-electron chi connectivity index (χ1n) is 7.18. The zero-order valence-corrected chi connectivity index (χ0v) is 12.9. The van der Waals surface area contributed by atoms with Gasteiger partial charge in [0.25, 0.3) is 0 Å². The van der Waals surface area contributed by atoms with E-state index >= 15 is 0 Å². The van der Waals surface area contributed by atoms with Gasteiger partial charge in [-0.05, 0) is 62.1 Å². The Hall–Kier alpha value is -1.61. The molecular weight excluding hydrogens is 248 g/mol. The van der Waals surface area contributed by atoms with Gasteiger partial charge in [-0.25, -0.2) is 0 Å². The lowest BCUT2D eigenvalue weighted by Gasteiger charge is -2.22. The van der Waals surface area contributed by atoms with E-state index in [1.54, 1.807) is 0 Å². The number of ether oxygens (including phenoxy) is 1. The molecule has 0 bridgehead atoms. The average Bonchev–Trinajstić information content (AvgIpc) is 2.39. The van der Waals surface area contributed by atoms with E-state index in [1.165, 1.54) is 5.56 Å². The largest absolute Gasteiger partial charge is 0.494 e. The molecule has 0 unspecified atom stereocenters. The molecule has 1 heterocycles. The molecule has 1 aromatic heterocycles. The highest BCUT2D eigenvalue weighted by Gasteiger charge is 2.17. The smallest absolute Gasteiger partial charge is 0.120 e. The van der Waals surface area contributed by atoms with Gasteiger partial charge in [0.05, 0.1) is 12.1 Å². The van der Waals surface area contributed by atoms with Crippen LogP contribution in [0.4, 0.5) is 0 Å². The average molecular weight is 272 g/mol. The molecule has 3 heteroatoms. The SMILES string of the molecule is CCOc1ccc2nc(CC(C)(C)CN)cc(C)c2c1. The summed E-state index contributed by atoms with van der Waals surface area (Å²) in [6.07, 6.45) is 0.896. The minimum atomic E-state index is 0.0817. The quantitative estimate of drug-likeness (QED) is 0.906. The molecule has 2 rings (SSSR count). The number of nitrogens with zero attached hydrogens (tertiary/aromatic N) is 1. The molecule has 0 saturated heterocycles. The van der Waals surface area contributed by atoms with E-state index < -0.39 is 0 Å². The number of fused-ring (bicyclic) bond motifs is 1. The molecule has 108 valence electrons. The molecule has 2 N–H and O–H groups in total. The maximum Gasteiger partial charge on any atom is 0.120 e. The Morgan fingerprint density at radius 2 is 2.00 bits per heavy atom. The van der Waals surface area contributed by atoms with Crippen LogP contribution in [0.2, 0.25) is 0 Å². The summed E-state index contributed by atoms with van der Waals surface area (Å²) in [5.41, 5.74) is 9.26. The highest BCUT2D eigenvalue weighted by atomic mass is 16.5. The lowest BCUT2D eigenvalue weighted by molar-refractivity contribution is 0.340. The van der Waals surface area contributed by atoms with Crippen molar-refractivity contribution in [1.82, 2.24) is 4.98 Å². The molecule has 0 aliphatic rings. The van der Waals surface area contributed by atoms with Gasteiger partial charge in [0.2, 0.25) is 0 Å². The molecule has 1 aromatic carbocycles. The summed E-state index contributed by atoms with van der Waals surface area (Å²) in [6.45, 7) is 9.81. The number of rotatable bonds is 5. The molecule has 0 fully saturated rings. The fraction of sp³-hybridized carbons (Fsp3) is 0.471. The van der Waals surface area contributed by atoms with Gasteiger partial charge in [-0.15, -0.1) is 0 Å². The van der Waals surface area contributed by atoms with Gasteiger partial charge in [0, 0.05) is 11.1 Å². The number of nitrogens with two attached hydrogens (primary N) is 1. The third kappa shape index (κ3) is 3.28. The summed E-state index contributed by atoms with van der Waals surface area (Å²) in [7, 11) is 0. The van der Waals surface area contributed by atoms with Gasteiger partial charge >= 0.3 is 0 Å². The summed E-state index contributed by atoms with van der Waals surface area (Å²) >= 11 is 0. The monoisotopic (exact) mass is 272 g/mol. The Morgan fingerprint density at radius 3 is 2.65 bits per heavy atom. The van der Waals surface area contributed by atoms with E-state index in [1.807, 2.05) is 19.1 Å². The molecule has 0 aliphatic carbocycles. The van der Waals surface area contributed by atoms with Gasteiger partial charge in [-0.2, -0.15) is 0 Å². The summed E-state index contributed by atoms with van der Waals surface area (Å²) in [5.74, 6) is 0.903. The van der Waals surface area contributed by atoms with E-state index in [0.717, 1.165) is 28.8 Å². The van der Waals surface area contributed by atoms with Gasteiger partial charge in [0.1, 0.15) is 5.75 Å². The Balaban J connectivity index is 2.40. The third-order valence-electron chi connectivity index (χ3n) is 3.56. The van der Waals surface area contributed by atoms with E-state index in [-0.39, 0.29) is 5.41 Å². The van der Waals surface area contributed by atoms with E-state index in [0.29, 0.717) is 13.2 Å². The van der Waals surface area contributed by atoms with Crippen LogP contribution >= 0.6 is 0 Å². The number of aromatic nitrogens is 1. The normalized spacial score (nSPS) is 11.8. The predicted octanol–water partition coefficient (Wildman–Crippen LogP) is 3.47. The van der Waals surface area contributed by atoms with Crippen LogP contribution in [0.5, 0.6) is 5.75 Å². The molecule has 0 spiro atoms. The number of hydrogen-bond acceptors (Lipinski definition) is 3. The summed E-state index contributed by atoms with van der Waals surface area (Å²) < 4.78 is 5.55. The Morgan fingerprint density at radius 1 is 1.25 bits per heavy atom. The number of pyridine rings is 1. The van der Waals surface area contributed by atoms with Crippen molar-refractivity contribution in [2.45, 2.75) is 34.1 Å². The Kier molecular flexibility index (Phi) is 4.29. The second-order valence-electron chi connectivity index (χ2n) is 6.09. The number of aryl methyl sites for hydroxylation is 1. The van der Waals surface area contributed by atoms with Crippen LogP contribution in [0.15, 0.2) is 24.3 Å². The maximum absolute atomic E-state index is 5.81. The Labute approximate surface area is 121 Å². The first kappa shape index (κ1) is 14.8. The second kappa shape index (κ2) is 5.80. The molecule has 20 heavy (non-hydrogen) atoms. The highest BCUT2D eigenvalue weighted by molar-refractivity contribution is 5.83. The van der Waals surface area contributed by atoms with Crippen LogP contribution in [0.3, 0.4) is 0 Å². The van der Waals surface area contributed by atoms with Gasteiger partial charge < -0.3 is 10.5 Å². The van der Waals surface area contributed by atoms with E-state index in [4.69, 9.17) is 15.5 Å². The summed E-state index contributed by atoms with van der Waals surface area (Å²) in [5, 5.41) is 1.16. The number of benzene rings is 1. The van der Waals surface area contributed by atoms with Gasteiger partial charge in [-0.1, -0.05) is 13.8 Å². The van der Waals surface area contributed by atoms with Crippen molar-refractivity contribution in [2.75, 3.05) is 13.2 Å². The predicted molar refractivity (Wildman–Crippen MR) is 84.2 cm³/mol. The fourth-order valence-electron chi connectivity index (χ4n) is 2.35. The zero-order valence-electron chi connectivity index (χ0n) is 12.9. The molecule has 0 saturated carbocycles. The summed E-state index contributed by atoms with van der Waals surface area (Å²) in [6, 6.07) is 8.25. The fourth-order valence-corrected chi connectivity index (χ4v) is 2.35. The molecule has 3 nitrogen and oxygen atoms in total. The van der Waals surface area contributed by atoms with Crippen LogP contribution in [-0.2, 0) is 6.42 Å². The van der Waals surface area contributed by atoms with E-state index in [9.17, 15) is 0 Å². The van der Waals surface area contributed by atoms with Crippen molar-refractivity contribution in [2.24, 2.45) is 11.1 Å². The third-order valence-corrected chi connectivity index (χ3v) is 3.56. The van der Waals surface area contributed by atoms with Gasteiger partial charge in [0.15, 0.2) is 0 Å². The topological polar surface area (TPSA) is 48.1 Å². The minimum absolute atomic E-state index is 0.0817. The first-order chi connectivity index (χ1) is 9.45. The van der Waals surface area contributed by atoms with Crippen LogP contribution in [0.25, 0.3) is 10.9 Å². The molecule has 0 atom stereocenters. The van der Waals surface area contributed by atoms with Crippen molar-refractivity contribution in [3.63, 3.8) is 0 Å². The molecule has 0 aliphatic heterocycles.